The summed E-state index contributed by atoms with van der Waals surface area (Å²) >= 11 is 0. The second-order valence-corrected chi connectivity index (χ2v) is 1.50. The minimum absolute atomic E-state index is 0.292. The van der Waals surface area contributed by atoms with Crippen LogP contribution in [0.5, 0.6) is 0 Å². The van der Waals surface area contributed by atoms with Crippen molar-refractivity contribution in [1.82, 2.24) is 5.32 Å². The number of rotatable bonds is 4. The predicted octanol–water partition coefficient (Wildman–Crippen LogP) is -0.961. The van der Waals surface area contributed by atoms with E-state index in [2.05, 4.69) is 11.9 Å². The van der Waals surface area contributed by atoms with Gasteiger partial charge in [0.25, 0.3) is 0 Å². The third-order valence-corrected chi connectivity index (χ3v) is 0.770. The van der Waals surface area contributed by atoms with E-state index in [4.69, 9.17) is 10.8 Å². The molecule has 3 heteroatoms. The van der Waals surface area contributed by atoms with Crippen LogP contribution in [0.25, 0.3) is 0 Å². The van der Waals surface area contributed by atoms with Crippen LogP contribution < -0.4 is 11.1 Å². The first kappa shape index (κ1) is 7.46. The molecule has 48 valence electrons. The Labute approximate surface area is 49.2 Å². The van der Waals surface area contributed by atoms with Crippen molar-refractivity contribution in [2.24, 2.45) is 5.73 Å². The molecule has 0 heterocycles. The van der Waals surface area contributed by atoms with Crippen LogP contribution in [0.2, 0.25) is 0 Å². The SMILES string of the molecule is C=CNCC(O)CN. The summed E-state index contributed by atoms with van der Waals surface area (Å²) < 4.78 is 0. The number of nitrogens with one attached hydrogen (secondary N) is 1. The van der Waals surface area contributed by atoms with E-state index in [1.54, 1.807) is 0 Å². The summed E-state index contributed by atoms with van der Waals surface area (Å²) in [6, 6.07) is 0. The van der Waals surface area contributed by atoms with Crippen LogP contribution in [0.3, 0.4) is 0 Å². The van der Waals surface area contributed by atoms with Crippen molar-refractivity contribution in [2.75, 3.05) is 13.1 Å². The van der Waals surface area contributed by atoms with Crippen molar-refractivity contribution in [3.05, 3.63) is 12.8 Å². The molecule has 0 spiro atoms. The Morgan fingerprint density at radius 1 is 1.88 bits per heavy atom. The number of aliphatic hydroxyl groups is 1. The average Bonchev–Trinajstić information content (AvgIpc) is 1.83. The summed E-state index contributed by atoms with van der Waals surface area (Å²) in [5.74, 6) is 0. The second kappa shape index (κ2) is 4.61. The molecule has 0 radical (unpaired) electrons. The second-order valence-electron chi connectivity index (χ2n) is 1.50. The molecular formula is C5H12N2O. The fourth-order valence-corrected chi connectivity index (χ4v) is 0.303. The van der Waals surface area contributed by atoms with Gasteiger partial charge < -0.3 is 16.2 Å². The van der Waals surface area contributed by atoms with Gasteiger partial charge in [-0.25, -0.2) is 0 Å². The topological polar surface area (TPSA) is 58.3 Å². The molecule has 0 aromatic heterocycles. The lowest BCUT2D eigenvalue weighted by Gasteiger charge is -2.04. The van der Waals surface area contributed by atoms with Crippen LogP contribution in [0, 0.1) is 0 Å². The molecule has 0 aromatic rings. The van der Waals surface area contributed by atoms with Crippen molar-refractivity contribution in [1.29, 1.82) is 0 Å². The maximum absolute atomic E-state index is 8.75. The van der Waals surface area contributed by atoms with Gasteiger partial charge in [-0.1, -0.05) is 6.58 Å². The molecule has 0 aliphatic carbocycles. The molecule has 3 nitrogen and oxygen atoms in total. The van der Waals surface area contributed by atoms with E-state index in [1.165, 1.54) is 6.20 Å². The molecule has 1 unspecified atom stereocenters. The van der Waals surface area contributed by atoms with Crippen molar-refractivity contribution in [2.45, 2.75) is 6.10 Å². The predicted molar refractivity (Wildman–Crippen MR) is 33.3 cm³/mol. The molecule has 4 N–H and O–H groups in total. The van der Waals surface area contributed by atoms with E-state index in [9.17, 15) is 0 Å². The van der Waals surface area contributed by atoms with Crippen molar-refractivity contribution < 1.29 is 5.11 Å². The molecule has 0 bridgehead atoms. The van der Waals surface area contributed by atoms with E-state index in [0.717, 1.165) is 0 Å². The quantitative estimate of drug-likeness (QED) is 0.443. The van der Waals surface area contributed by atoms with E-state index < -0.39 is 6.10 Å². The molecule has 0 saturated carbocycles. The maximum atomic E-state index is 8.75. The summed E-state index contributed by atoms with van der Waals surface area (Å²) in [5, 5.41) is 11.5. The molecule has 1 atom stereocenters. The van der Waals surface area contributed by atoms with Crippen LogP contribution >= 0.6 is 0 Å². The number of aliphatic hydroxyl groups excluding tert-OH is 1. The van der Waals surface area contributed by atoms with Crippen LogP contribution in [-0.2, 0) is 0 Å². The first-order valence-electron chi connectivity index (χ1n) is 2.53. The smallest absolute Gasteiger partial charge is 0.0834 e. The molecule has 0 rings (SSSR count). The van der Waals surface area contributed by atoms with E-state index in [0.29, 0.717) is 13.1 Å². The Hall–Kier alpha value is -0.540. The van der Waals surface area contributed by atoms with Crippen LogP contribution in [0.15, 0.2) is 12.8 Å². The first-order chi connectivity index (χ1) is 3.81. The Morgan fingerprint density at radius 2 is 2.50 bits per heavy atom. The fraction of sp³-hybridized carbons (Fsp3) is 0.600. The van der Waals surface area contributed by atoms with Gasteiger partial charge >= 0.3 is 0 Å². The number of hydrogen-bond acceptors (Lipinski definition) is 3. The van der Waals surface area contributed by atoms with Crippen LogP contribution in [0.4, 0.5) is 0 Å². The zero-order chi connectivity index (χ0) is 6.41. The maximum Gasteiger partial charge on any atom is 0.0834 e. The molecule has 0 aliphatic rings. The van der Waals surface area contributed by atoms with E-state index >= 15 is 0 Å². The third-order valence-electron chi connectivity index (χ3n) is 0.770. The Balaban J connectivity index is 2.97. The summed E-state index contributed by atoms with van der Waals surface area (Å²) in [6.45, 7) is 4.18. The van der Waals surface area contributed by atoms with Gasteiger partial charge in [0.2, 0.25) is 0 Å². The molecule has 8 heavy (non-hydrogen) atoms. The zero-order valence-corrected chi connectivity index (χ0v) is 4.80. The molecular weight excluding hydrogens is 104 g/mol. The van der Waals surface area contributed by atoms with Gasteiger partial charge in [-0.2, -0.15) is 0 Å². The highest BCUT2D eigenvalue weighted by molar-refractivity contribution is 4.67. The summed E-state index contributed by atoms with van der Waals surface area (Å²) in [4.78, 5) is 0. The van der Waals surface area contributed by atoms with Gasteiger partial charge in [0.1, 0.15) is 0 Å². The summed E-state index contributed by atoms with van der Waals surface area (Å²) in [6.07, 6.45) is 1.08. The van der Waals surface area contributed by atoms with Crippen LogP contribution in [0.1, 0.15) is 0 Å². The summed E-state index contributed by atoms with van der Waals surface area (Å²) in [5.41, 5.74) is 5.09. The van der Waals surface area contributed by atoms with Gasteiger partial charge in [0.15, 0.2) is 0 Å². The molecule has 0 amide bonds. The highest BCUT2D eigenvalue weighted by Gasteiger charge is 1.94. The summed E-state index contributed by atoms with van der Waals surface area (Å²) in [7, 11) is 0. The number of nitrogens with two attached hydrogens (primary N) is 1. The lowest BCUT2D eigenvalue weighted by Crippen LogP contribution is -2.29. The van der Waals surface area contributed by atoms with E-state index in [-0.39, 0.29) is 0 Å². The van der Waals surface area contributed by atoms with Gasteiger partial charge in [-0.15, -0.1) is 0 Å². The number of hydrogen-bond donors (Lipinski definition) is 3. The monoisotopic (exact) mass is 116 g/mol. The fourth-order valence-electron chi connectivity index (χ4n) is 0.303. The average molecular weight is 116 g/mol. The lowest BCUT2D eigenvalue weighted by atomic mass is 10.4. The van der Waals surface area contributed by atoms with Gasteiger partial charge in [-0.3, -0.25) is 0 Å². The molecule has 0 fully saturated rings. The normalized spacial score (nSPS) is 12.8. The van der Waals surface area contributed by atoms with Gasteiger partial charge in [-0.05, 0) is 6.20 Å². The minimum Gasteiger partial charge on any atom is -0.390 e. The Bertz CT molecular complexity index is 65.4. The Morgan fingerprint density at radius 3 is 2.88 bits per heavy atom. The largest absolute Gasteiger partial charge is 0.390 e. The van der Waals surface area contributed by atoms with Crippen molar-refractivity contribution >= 4 is 0 Å². The van der Waals surface area contributed by atoms with Crippen molar-refractivity contribution in [3.63, 3.8) is 0 Å². The first-order valence-corrected chi connectivity index (χ1v) is 2.53. The zero-order valence-electron chi connectivity index (χ0n) is 4.80. The standard InChI is InChI=1S/C5H12N2O/c1-2-7-4-5(8)3-6/h2,5,7-8H,1,3-4,6H2. The highest BCUT2D eigenvalue weighted by Crippen LogP contribution is 1.72. The van der Waals surface area contributed by atoms with Gasteiger partial charge in [0.05, 0.1) is 6.10 Å². The minimum atomic E-state index is -0.451. The van der Waals surface area contributed by atoms with Gasteiger partial charge in [0, 0.05) is 13.1 Å². The Kier molecular flexibility index (Phi) is 4.30. The van der Waals surface area contributed by atoms with Crippen LogP contribution in [-0.4, -0.2) is 24.3 Å². The van der Waals surface area contributed by atoms with Crippen molar-refractivity contribution in [3.8, 4) is 0 Å². The highest BCUT2D eigenvalue weighted by atomic mass is 16.3. The third kappa shape index (κ3) is 3.64. The molecule has 0 aliphatic heterocycles. The molecule has 0 aromatic carbocycles. The van der Waals surface area contributed by atoms with E-state index in [1.807, 2.05) is 0 Å². The lowest BCUT2D eigenvalue weighted by molar-refractivity contribution is 0.184. The molecule has 0 saturated heterocycles.